The van der Waals surface area contributed by atoms with Crippen LogP contribution in [0.1, 0.15) is 32.3 Å². The van der Waals surface area contributed by atoms with Gasteiger partial charge in [-0.05, 0) is 32.3 Å². The van der Waals surface area contributed by atoms with E-state index >= 15 is 0 Å². The van der Waals surface area contributed by atoms with Crippen molar-refractivity contribution in [1.82, 2.24) is 0 Å². The molecule has 2 N–H and O–H groups in total. The molecule has 20 heavy (non-hydrogen) atoms. The molecule has 1 atom stereocenters. The van der Waals surface area contributed by atoms with Gasteiger partial charge in [-0.15, -0.1) is 0 Å². The Morgan fingerprint density at radius 3 is 2.40 bits per heavy atom. The molecule has 0 amide bonds. The Kier molecular flexibility index (Phi) is 5.70. The molecule has 0 aromatic heterocycles. The van der Waals surface area contributed by atoms with Crippen LogP contribution in [-0.2, 0) is 20.7 Å². The highest BCUT2D eigenvalue weighted by atomic mass is 16.6. The molecule has 0 saturated carbocycles. The van der Waals surface area contributed by atoms with Crippen molar-refractivity contribution in [3.8, 4) is 0 Å². The lowest BCUT2D eigenvalue weighted by molar-refractivity contribution is -0.170. The van der Waals surface area contributed by atoms with E-state index in [1.807, 2.05) is 30.3 Å². The van der Waals surface area contributed by atoms with Gasteiger partial charge in [0.15, 0.2) is 6.10 Å². The molecule has 1 aromatic rings. The molecule has 1 rings (SSSR count). The highest BCUT2D eigenvalue weighted by molar-refractivity contribution is 5.81. The summed E-state index contributed by atoms with van der Waals surface area (Å²) in [5.41, 5.74) is 0.370. The number of aryl methyl sites for hydroxylation is 1. The molecule has 0 aliphatic heterocycles. The molecule has 0 spiro atoms. The lowest BCUT2D eigenvalue weighted by Gasteiger charge is -2.26. The van der Waals surface area contributed by atoms with Crippen LogP contribution in [0, 0.1) is 0 Å². The number of carbonyl (C=O) groups excluding carboxylic acids is 1. The van der Waals surface area contributed by atoms with Crippen LogP contribution in [0.25, 0.3) is 0 Å². The number of hydrogen-bond donors (Lipinski definition) is 2. The second-order valence-corrected chi connectivity index (χ2v) is 5.28. The van der Waals surface area contributed by atoms with Gasteiger partial charge in [0, 0.05) is 0 Å². The minimum Gasteiger partial charge on any atom is -0.481 e. The molecule has 0 radical (unpaired) electrons. The summed E-state index contributed by atoms with van der Waals surface area (Å²) in [6, 6.07) is 9.77. The third-order valence-corrected chi connectivity index (χ3v) is 2.88. The quantitative estimate of drug-likeness (QED) is 0.744. The summed E-state index contributed by atoms with van der Waals surface area (Å²) < 4.78 is 5.17. The van der Waals surface area contributed by atoms with Crippen molar-refractivity contribution < 1.29 is 24.5 Å². The van der Waals surface area contributed by atoms with Crippen LogP contribution < -0.4 is 0 Å². The maximum absolute atomic E-state index is 11.6. The maximum Gasteiger partial charge on any atom is 0.336 e. The molecule has 0 saturated heterocycles. The molecule has 0 aliphatic rings. The largest absolute Gasteiger partial charge is 0.481 e. The minimum absolute atomic E-state index is 0.586. The number of carboxylic acid groups (broad SMARTS) is 1. The maximum atomic E-state index is 11.6. The summed E-state index contributed by atoms with van der Waals surface area (Å²) in [4.78, 5) is 22.0. The van der Waals surface area contributed by atoms with Gasteiger partial charge in [0.05, 0.1) is 6.42 Å². The van der Waals surface area contributed by atoms with Gasteiger partial charge in [-0.25, -0.2) is 4.79 Å². The first kappa shape index (κ1) is 16.2. The predicted molar refractivity (Wildman–Crippen MR) is 73.2 cm³/mol. The zero-order valence-corrected chi connectivity index (χ0v) is 11.7. The fourth-order valence-electron chi connectivity index (χ4n) is 1.73. The van der Waals surface area contributed by atoms with E-state index in [1.165, 1.54) is 0 Å². The normalized spacial score (nSPS) is 12.8. The molecule has 0 bridgehead atoms. The lowest BCUT2D eigenvalue weighted by Crippen LogP contribution is -2.35. The molecular formula is C15H20O5. The Hall–Kier alpha value is -1.88. The van der Waals surface area contributed by atoms with E-state index < -0.39 is 30.1 Å². The standard InChI is InChI=1S/C15H20O5/c1-15(2,9-8-11-6-4-3-5-7-11)20-14(19)12(16)10-13(17)18/h3-7,12,16H,8-10H2,1-2H3,(H,17,18). The van der Waals surface area contributed by atoms with Crippen LogP contribution in [0.2, 0.25) is 0 Å². The summed E-state index contributed by atoms with van der Waals surface area (Å²) in [6.45, 7) is 3.47. The van der Waals surface area contributed by atoms with E-state index in [9.17, 15) is 14.7 Å². The zero-order valence-electron chi connectivity index (χ0n) is 11.7. The fourth-order valence-corrected chi connectivity index (χ4v) is 1.73. The van der Waals surface area contributed by atoms with Crippen LogP contribution in [0.3, 0.4) is 0 Å². The summed E-state index contributed by atoms with van der Waals surface area (Å²) in [6.07, 6.45) is -0.949. The number of ether oxygens (including phenoxy) is 1. The first-order chi connectivity index (χ1) is 9.30. The van der Waals surface area contributed by atoms with Gasteiger partial charge >= 0.3 is 11.9 Å². The van der Waals surface area contributed by atoms with Gasteiger partial charge < -0.3 is 14.9 Å². The topological polar surface area (TPSA) is 83.8 Å². The fraction of sp³-hybridized carbons (Fsp3) is 0.467. The second kappa shape index (κ2) is 7.05. The van der Waals surface area contributed by atoms with Gasteiger partial charge in [-0.3, -0.25) is 4.79 Å². The van der Waals surface area contributed by atoms with Crippen molar-refractivity contribution in [3.63, 3.8) is 0 Å². The lowest BCUT2D eigenvalue weighted by atomic mass is 9.98. The highest BCUT2D eigenvalue weighted by Gasteiger charge is 2.28. The molecule has 1 aromatic carbocycles. The predicted octanol–water partition coefficient (Wildman–Crippen LogP) is 1.78. The zero-order chi connectivity index (χ0) is 15.2. The minimum atomic E-state index is -1.62. The van der Waals surface area contributed by atoms with Gasteiger partial charge in [-0.1, -0.05) is 30.3 Å². The smallest absolute Gasteiger partial charge is 0.336 e. The van der Waals surface area contributed by atoms with E-state index in [-0.39, 0.29) is 0 Å². The average molecular weight is 280 g/mol. The van der Waals surface area contributed by atoms with E-state index in [1.54, 1.807) is 13.8 Å². The third kappa shape index (κ3) is 5.84. The summed E-state index contributed by atoms with van der Waals surface area (Å²) in [5, 5.41) is 17.9. The van der Waals surface area contributed by atoms with Crippen LogP contribution in [0.4, 0.5) is 0 Å². The number of rotatable bonds is 7. The van der Waals surface area contributed by atoms with Crippen molar-refractivity contribution >= 4 is 11.9 Å². The SMILES string of the molecule is CC(C)(CCc1ccccc1)OC(=O)C(O)CC(=O)O. The molecule has 5 heteroatoms. The van der Waals surface area contributed by atoms with Gasteiger partial charge in [0.2, 0.25) is 0 Å². The summed E-state index contributed by atoms with van der Waals surface area (Å²) in [5.74, 6) is -2.14. The van der Waals surface area contributed by atoms with Crippen molar-refractivity contribution in [2.45, 2.75) is 44.8 Å². The number of benzene rings is 1. The van der Waals surface area contributed by atoms with Crippen molar-refractivity contribution in [3.05, 3.63) is 35.9 Å². The van der Waals surface area contributed by atoms with E-state index in [0.717, 1.165) is 12.0 Å². The molecule has 1 unspecified atom stereocenters. The monoisotopic (exact) mass is 280 g/mol. The first-order valence-corrected chi connectivity index (χ1v) is 6.47. The Morgan fingerprint density at radius 2 is 1.85 bits per heavy atom. The van der Waals surface area contributed by atoms with Gasteiger partial charge in [-0.2, -0.15) is 0 Å². The second-order valence-electron chi connectivity index (χ2n) is 5.28. The number of aliphatic hydroxyl groups is 1. The van der Waals surface area contributed by atoms with E-state index in [4.69, 9.17) is 9.84 Å². The van der Waals surface area contributed by atoms with Crippen LogP contribution in [0.5, 0.6) is 0 Å². The molecule has 0 aliphatic carbocycles. The number of carbonyl (C=O) groups is 2. The molecular weight excluding hydrogens is 260 g/mol. The number of esters is 1. The Bertz CT molecular complexity index is 453. The first-order valence-electron chi connectivity index (χ1n) is 6.47. The van der Waals surface area contributed by atoms with Crippen LogP contribution in [-0.4, -0.2) is 33.9 Å². The van der Waals surface area contributed by atoms with Crippen LogP contribution >= 0.6 is 0 Å². The third-order valence-electron chi connectivity index (χ3n) is 2.88. The molecule has 5 nitrogen and oxygen atoms in total. The summed E-state index contributed by atoms with van der Waals surface area (Å²) in [7, 11) is 0. The summed E-state index contributed by atoms with van der Waals surface area (Å²) >= 11 is 0. The number of hydrogen-bond acceptors (Lipinski definition) is 4. The van der Waals surface area contributed by atoms with Gasteiger partial charge in [0.1, 0.15) is 5.60 Å². The highest BCUT2D eigenvalue weighted by Crippen LogP contribution is 2.19. The van der Waals surface area contributed by atoms with E-state index in [2.05, 4.69) is 0 Å². The Morgan fingerprint density at radius 1 is 1.25 bits per heavy atom. The molecule has 0 fully saturated rings. The van der Waals surface area contributed by atoms with Crippen molar-refractivity contribution in [2.24, 2.45) is 0 Å². The van der Waals surface area contributed by atoms with Gasteiger partial charge in [0.25, 0.3) is 0 Å². The number of aliphatic carboxylic acids is 1. The van der Waals surface area contributed by atoms with Crippen LogP contribution in [0.15, 0.2) is 30.3 Å². The van der Waals surface area contributed by atoms with E-state index in [0.29, 0.717) is 6.42 Å². The average Bonchev–Trinajstić information content (AvgIpc) is 2.36. The van der Waals surface area contributed by atoms with Crippen molar-refractivity contribution in [2.75, 3.05) is 0 Å². The Labute approximate surface area is 118 Å². The number of aliphatic hydroxyl groups excluding tert-OH is 1. The molecule has 0 heterocycles. The molecule has 110 valence electrons. The van der Waals surface area contributed by atoms with Crippen molar-refractivity contribution in [1.29, 1.82) is 0 Å². The Balaban J connectivity index is 2.48. The number of carboxylic acids is 1.